The highest BCUT2D eigenvalue weighted by Gasteiger charge is 1.84. The third kappa shape index (κ3) is 4.77. The van der Waals surface area contributed by atoms with Gasteiger partial charge in [0.1, 0.15) is 0 Å². The summed E-state index contributed by atoms with van der Waals surface area (Å²) in [5.74, 6) is 0. The van der Waals surface area contributed by atoms with Crippen LogP contribution in [0, 0.1) is 0 Å². The minimum absolute atomic E-state index is 0.422. The van der Waals surface area contributed by atoms with E-state index in [1.54, 1.807) is 4.55 Å². The van der Waals surface area contributed by atoms with E-state index in [0.717, 1.165) is 0 Å². The second-order valence-corrected chi connectivity index (χ2v) is 4.12. The average Bonchev–Trinajstić information content (AvgIpc) is 1.61. The zero-order chi connectivity index (χ0) is 4.83. The van der Waals surface area contributed by atoms with Gasteiger partial charge in [0.2, 0.25) is 0 Å². The molecule has 6 heavy (non-hydrogen) atoms. The molecular formula is C5H12Mg. The Balaban J connectivity index is 2.34. The Morgan fingerprint density at radius 1 is 1.33 bits per heavy atom. The van der Waals surface area contributed by atoms with E-state index >= 15 is 0 Å². The standard InChI is InChI=1S/C3H7.C2H5.Mg/c1-3-2;1-2;/h1,3H2,2H3;1H2,2H3;. The molecule has 0 bridgehead atoms. The minimum atomic E-state index is 0.422. The first-order valence-corrected chi connectivity index (χ1v) is 4.91. The monoisotopic (exact) mass is 96.1 g/mol. The van der Waals surface area contributed by atoms with Crippen LogP contribution >= 0.6 is 0 Å². The van der Waals surface area contributed by atoms with Gasteiger partial charge in [-0.15, -0.1) is 9.10 Å². The first-order valence-electron chi connectivity index (χ1n) is 2.91. The van der Waals surface area contributed by atoms with Crippen LogP contribution in [0.4, 0.5) is 0 Å². The topological polar surface area (TPSA) is 0 Å². The van der Waals surface area contributed by atoms with Crippen molar-refractivity contribution < 1.29 is 0 Å². The van der Waals surface area contributed by atoms with Crippen LogP contribution < -0.4 is 0 Å². The molecule has 0 nitrogen and oxygen atoms in total. The molecule has 0 saturated carbocycles. The van der Waals surface area contributed by atoms with Gasteiger partial charge < -0.3 is 0 Å². The van der Waals surface area contributed by atoms with Crippen molar-refractivity contribution in [2.24, 2.45) is 0 Å². The molecule has 0 fully saturated rings. The molecule has 0 radical (unpaired) electrons. The summed E-state index contributed by atoms with van der Waals surface area (Å²) >= 11 is 0.422. The van der Waals surface area contributed by atoms with Gasteiger partial charge in [0, 0.05) is 0 Å². The highest BCUT2D eigenvalue weighted by Crippen LogP contribution is 1.86. The van der Waals surface area contributed by atoms with Crippen molar-refractivity contribution in [1.29, 1.82) is 0 Å². The van der Waals surface area contributed by atoms with Gasteiger partial charge in [0.25, 0.3) is 0 Å². The molecule has 0 aromatic carbocycles. The fourth-order valence-electron chi connectivity index (χ4n) is 0.500. The van der Waals surface area contributed by atoms with Crippen molar-refractivity contribution in [3.8, 4) is 0 Å². The van der Waals surface area contributed by atoms with Crippen LogP contribution in [0.3, 0.4) is 0 Å². The molecule has 0 unspecified atom stereocenters. The predicted molar refractivity (Wildman–Crippen MR) is 31.3 cm³/mol. The first kappa shape index (κ1) is 6.77. The fraction of sp³-hybridized carbons (Fsp3) is 1.00. The normalized spacial score (nSPS) is 7.67. The molecule has 0 rings (SSSR count). The second kappa shape index (κ2) is 5.77. The number of hydrogen-bond acceptors (Lipinski definition) is 0. The molecule has 0 aromatic heterocycles. The van der Waals surface area contributed by atoms with Crippen molar-refractivity contribution >= 4 is 20.4 Å². The SMILES string of the molecule is CC[CH2][Mg][CH2]C. The van der Waals surface area contributed by atoms with Crippen molar-refractivity contribution in [3.05, 3.63) is 0 Å². The van der Waals surface area contributed by atoms with E-state index in [4.69, 9.17) is 0 Å². The third-order valence-electron chi connectivity index (χ3n) is 0.957. The molecule has 0 spiro atoms. The Hall–Kier alpha value is 0.766. The van der Waals surface area contributed by atoms with E-state index in [9.17, 15) is 0 Å². The van der Waals surface area contributed by atoms with Gasteiger partial charge in [-0.2, -0.15) is 0 Å². The van der Waals surface area contributed by atoms with Gasteiger partial charge >= 0.3 is 20.4 Å². The van der Waals surface area contributed by atoms with E-state index in [1.807, 2.05) is 0 Å². The van der Waals surface area contributed by atoms with Crippen LogP contribution in [-0.4, -0.2) is 20.4 Å². The summed E-state index contributed by atoms with van der Waals surface area (Å²) in [7, 11) is 0. The maximum Gasteiger partial charge on any atom is 0.363 e. The molecule has 0 aliphatic heterocycles. The molecule has 0 saturated heterocycles. The van der Waals surface area contributed by atoms with Crippen LogP contribution in [0.2, 0.25) is 9.10 Å². The van der Waals surface area contributed by atoms with Crippen LogP contribution in [0.25, 0.3) is 0 Å². The largest absolute Gasteiger partial charge is 0.363 e. The van der Waals surface area contributed by atoms with Crippen molar-refractivity contribution in [3.63, 3.8) is 0 Å². The van der Waals surface area contributed by atoms with Crippen molar-refractivity contribution in [2.75, 3.05) is 0 Å². The van der Waals surface area contributed by atoms with E-state index in [0.29, 0.717) is 20.4 Å². The summed E-state index contributed by atoms with van der Waals surface area (Å²) in [5, 5.41) is 0. The smallest absolute Gasteiger partial charge is 0.149 e. The maximum absolute atomic E-state index is 2.29. The first-order chi connectivity index (χ1) is 2.91. The molecule has 0 aromatic rings. The summed E-state index contributed by atoms with van der Waals surface area (Å²) in [6.45, 7) is 4.56. The number of hydrogen-bond donors (Lipinski definition) is 0. The van der Waals surface area contributed by atoms with Crippen molar-refractivity contribution in [2.45, 2.75) is 29.4 Å². The highest BCUT2D eigenvalue weighted by molar-refractivity contribution is 6.35. The Morgan fingerprint density at radius 2 is 2.00 bits per heavy atom. The predicted octanol–water partition coefficient (Wildman–Crippen LogP) is 1.96. The van der Waals surface area contributed by atoms with Crippen LogP contribution in [-0.2, 0) is 0 Å². The van der Waals surface area contributed by atoms with Crippen LogP contribution in [0.15, 0.2) is 0 Å². The lowest BCUT2D eigenvalue weighted by Gasteiger charge is -1.81. The lowest BCUT2D eigenvalue weighted by molar-refractivity contribution is 1.07. The Morgan fingerprint density at radius 3 is 2.17 bits per heavy atom. The maximum atomic E-state index is 2.29. The number of rotatable bonds is 3. The van der Waals surface area contributed by atoms with Gasteiger partial charge in [-0.1, -0.05) is 20.3 Å². The third-order valence-corrected chi connectivity index (χ3v) is 2.87. The zero-order valence-electron chi connectivity index (χ0n) is 4.83. The summed E-state index contributed by atoms with van der Waals surface area (Å²) in [4.78, 5) is 0. The fourth-order valence-corrected chi connectivity index (χ4v) is 1.50. The van der Waals surface area contributed by atoms with E-state index < -0.39 is 0 Å². The van der Waals surface area contributed by atoms with Gasteiger partial charge in [-0.3, -0.25) is 0 Å². The van der Waals surface area contributed by atoms with Crippen LogP contribution in [0.1, 0.15) is 20.3 Å². The van der Waals surface area contributed by atoms with Gasteiger partial charge in [0.05, 0.1) is 0 Å². The molecule has 34 valence electrons. The Kier molecular flexibility index (Phi) is 6.50. The molecule has 1 heteroatoms. The quantitative estimate of drug-likeness (QED) is 0.372. The summed E-state index contributed by atoms with van der Waals surface area (Å²) < 4.78 is 3.05. The van der Waals surface area contributed by atoms with E-state index in [2.05, 4.69) is 13.8 Å². The molecule has 0 N–H and O–H groups in total. The molecule has 0 atom stereocenters. The Bertz CT molecular complexity index is 15.9. The second-order valence-electron chi connectivity index (χ2n) is 1.71. The zero-order valence-corrected chi connectivity index (χ0v) is 6.24. The summed E-state index contributed by atoms with van der Waals surface area (Å²) in [6, 6.07) is 0. The molecule has 0 aliphatic rings. The molecule has 0 amide bonds. The molecular weight excluding hydrogens is 84.4 g/mol. The summed E-state index contributed by atoms with van der Waals surface area (Å²) in [5.41, 5.74) is 0. The average molecular weight is 96.5 g/mol. The molecule has 0 heterocycles. The van der Waals surface area contributed by atoms with E-state index in [-0.39, 0.29) is 0 Å². The van der Waals surface area contributed by atoms with Gasteiger partial charge in [-0.05, 0) is 0 Å². The van der Waals surface area contributed by atoms with Crippen molar-refractivity contribution in [1.82, 2.24) is 0 Å². The minimum Gasteiger partial charge on any atom is -0.149 e. The lowest BCUT2D eigenvalue weighted by Crippen LogP contribution is -1.80. The summed E-state index contributed by atoms with van der Waals surface area (Å²) in [6.07, 6.45) is 1.42. The Labute approximate surface area is 50.0 Å². The molecule has 0 aliphatic carbocycles. The van der Waals surface area contributed by atoms with E-state index in [1.165, 1.54) is 11.0 Å². The highest BCUT2D eigenvalue weighted by atomic mass is 24.5. The van der Waals surface area contributed by atoms with Gasteiger partial charge in [-0.25, -0.2) is 0 Å². The lowest BCUT2D eigenvalue weighted by atomic mass is 10.6. The van der Waals surface area contributed by atoms with Crippen LogP contribution in [0.5, 0.6) is 0 Å². The van der Waals surface area contributed by atoms with Gasteiger partial charge in [0.15, 0.2) is 0 Å².